The number of rotatable bonds is 7. The molecule has 2 heterocycles. The van der Waals surface area contributed by atoms with Gasteiger partial charge in [-0.3, -0.25) is 9.59 Å². The van der Waals surface area contributed by atoms with Crippen molar-refractivity contribution in [2.45, 2.75) is 32.2 Å². The van der Waals surface area contributed by atoms with Crippen LogP contribution in [0.2, 0.25) is 0 Å². The van der Waals surface area contributed by atoms with Crippen LogP contribution in [-0.4, -0.2) is 53.5 Å². The highest BCUT2D eigenvalue weighted by atomic mass is 16.2. The number of para-hydroxylation sites is 1. The normalized spacial score (nSPS) is 12.9. The Labute approximate surface area is 170 Å². The van der Waals surface area contributed by atoms with E-state index < -0.39 is 5.91 Å². The summed E-state index contributed by atoms with van der Waals surface area (Å²) in [5.74, 6) is -0.378. The molecule has 0 spiro atoms. The van der Waals surface area contributed by atoms with Crippen molar-refractivity contribution in [1.82, 2.24) is 19.8 Å². The molecule has 1 aromatic carbocycles. The average Bonchev–Trinajstić information content (AvgIpc) is 3.11. The molecule has 8 nitrogen and oxygen atoms in total. The van der Waals surface area contributed by atoms with E-state index in [4.69, 9.17) is 0 Å². The van der Waals surface area contributed by atoms with Gasteiger partial charge in [0, 0.05) is 13.1 Å². The van der Waals surface area contributed by atoms with Gasteiger partial charge in [-0.25, -0.2) is 4.98 Å². The number of benzene rings is 1. The molecule has 1 aliphatic heterocycles. The van der Waals surface area contributed by atoms with Crippen LogP contribution in [-0.2, 0) is 13.0 Å². The van der Waals surface area contributed by atoms with Crippen LogP contribution in [0.3, 0.4) is 0 Å². The maximum atomic E-state index is 12.9. The topological polar surface area (TPSA) is 103 Å². The predicted octanol–water partition coefficient (Wildman–Crippen LogP) is 2.02. The summed E-state index contributed by atoms with van der Waals surface area (Å²) in [5.41, 5.74) is 1.86. The third kappa shape index (κ3) is 4.81. The fourth-order valence-corrected chi connectivity index (χ4v) is 3.45. The lowest BCUT2D eigenvalue weighted by Gasteiger charge is -2.17. The number of amides is 2. The molecule has 152 valence electrons. The zero-order chi connectivity index (χ0) is 20.8. The Balaban J connectivity index is 1.80. The number of hydrogen-bond acceptors (Lipinski definition) is 5. The molecule has 2 aromatic rings. The summed E-state index contributed by atoms with van der Waals surface area (Å²) in [6.07, 6.45) is 3.43. The highest BCUT2D eigenvalue weighted by Gasteiger charge is 2.27. The van der Waals surface area contributed by atoms with Gasteiger partial charge in [-0.2, -0.15) is 5.26 Å². The molecular weight excluding hydrogens is 368 g/mol. The van der Waals surface area contributed by atoms with Gasteiger partial charge in [-0.15, -0.1) is 0 Å². The minimum absolute atomic E-state index is 0.260. The summed E-state index contributed by atoms with van der Waals surface area (Å²) in [5, 5.41) is 14.9. The highest BCUT2D eigenvalue weighted by molar-refractivity contribution is 6.05. The zero-order valence-electron chi connectivity index (χ0n) is 16.9. The second-order valence-corrected chi connectivity index (χ2v) is 7.36. The lowest BCUT2D eigenvalue weighted by molar-refractivity contribution is 0.0936. The van der Waals surface area contributed by atoms with E-state index >= 15 is 0 Å². The number of anilines is 1. The summed E-state index contributed by atoms with van der Waals surface area (Å²) in [4.78, 5) is 32.0. The maximum absolute atomic E-state index is 12.9. The summed E-state index contributed by atoms with van der Waals surface area (Å²) in [6.45, 7) is 2.10. The van der Waals surface area contributed by atoms with Gasteiger partial charge in [-0.05, 0) is 58.5 Å². The van der Waals surface area contributed by atoms with E-state index in [-0.39, 0.29) is 17.4 Å². The van der Waals surface area contributed by atoms with E-state index in [0.717, 1.165) is 31.5 Å². The molecule has 8 heteroatoms. The summed E-state index contributed by atoms with van der Waals surface area (Å²) < 4.78 is 1.86. The molecule has 0 bridgehead atoms. The number of hydrogen-bond donors (Lipinski definition) is 2. The van der Waals surface area contributed by atoms with Crippen molar-refractivity contribution >= 4 is 17.5 Å². The first-order chi connectivity index (χ1) is 14.0. The van der Waals surface area contributed by atoms with Crippen LogP contribution < -0.4 is 10.6 Å². The molecule has 29 heavy (non-hydrogen) atoms. The fourth-order valence-electron chi connectivity index (χ4n) is 3.45. The number of aromatic nitrogens is 2. The van der Waals surface area contributed by atoms with Crippen LogP contribution in [0.1, 0.15) is 51.6 Å². The molecule has 1 aliphatic rings. The van der Waals surface area contributed by atoms with Crippen LogP contribution in [0.15, 0.2) is 24.3 Å². The largest absolute Gasteiger partial charge is 0.349 e. The van der Waals surface area contributed by atoms with Crippen LogP contribution in [0, 0.1) is 11.3 Å². The van der Waals surface area contributed by atoms with Gasteiger partial charge in [0.05, 0.1) is 16.9 Å². The lowest BCUT2D eigenvalue weighted by Crippen LogP contribution is -2.30. The molecule has 2 N–H and O–H groups in total. The minimum Gasteiger partial charge on any atom is -0.349 e. The van der Waals surface area contributed by atoms with Crippen molar-refractivity contribution in [3.63, 3.8) is 0 Å². The third-order valence-corrected chi connectivity index (χ3v) is 4.90. The Morgan fingerprint density at radius 2 is 2.03 bits per heavy atom. The highest BCUT2D eigenvalue weighted by Crippen LogP contribution is 2.23. The van der Waals surface area contributed by atoms with Gasteiger partial charge in [0.1, 0.15) is 6.07 Å². The number of nitrogens with zero attached hydrogens (tertiary/aromatic N) is 4. The van der Waals surface area contributed by atoms with Gasteiger partial charge in [0.15, 0.2) is 11.5 Å². The molecule has 3 rings (SSSR count). The van der Waals surface area contributed by atoms with Crippen molar-refractivity contribution < 1.29 is 9.59 Å². The van der Waals surface area contributed by atoms with Crippen molar-refractivity contribution in [1.29, 1.82) is 5.26 Å². The molecule has 0 aliphatic carbocycles. The molecule has 0 fully saturated rings. The smallest absolute Gasteiger partial charge is 0.287 e. The van der Waals surface area contributed by atoms with Crippen LogP contribution in [0.4, 0.5) is 5.69 Å². The average molecular weight is 394 g/mol. The molecule has 0 saturated heterocycles. The number of nitrogens with one attached hydrogen (secondary N) is 2. The number of carbonyl (C=O) groups is 2. The molecule has 0 unspecified atom stereocenters. The first-order valence-corrected chi connectivity index (χ1v) is 9.84. The first kappa shape index (κ1) is 20.6. The maximum Gasteiger partial charge on any atom is 0.287 e. The number of fused-ring (bicyclic) bond motifs is 1. The summed E-state index contributed by atoms with van der Waals surface area (Å²) in [7, 11) is 3.98. The second kappa shape index (κ2) is 9.34. The van der Waals surface area contributed by atoms with Crippen LogP contribution in [0.5, 0.6) is 0 Å². The quantitative estimate of drug-likeness (QED) is 0.700. The lowest BCUT2D eigenvalue weighted by atomic mass is 10.1. The van der Waals surface area contributed by atoms with E-state index in [1.54, 1.807) is 24.3 Å². The molecule has 2 amide bonds. The molecule has 0 atom stereocenters. The van der Waals surface area contributed by atoms with E-state index in [1.165, 1.54) is 0 Å². The molecular formula is C21H26N6O2. The van der Waals surface area contributed by atoms with Crippen molar-refractivity contribution in [2.75, 3.05) is 32.5 Å². The van der Waals surface area contributed by atoms with Gasteiger partial charge in [0.2, 0.25) is 0 Å². The van der Waals surface area contributed by atoms with E-state index in [2.05, 4.69) is 26.6 Å². The zero-order valence-corrected chi connectivity index (χ0v) is 16.9. The van der Waals surface area contributed by atoms with Gasteiger partial charge in [-0.1, -0.05) is 12.1 Å². The third-order valence-electron chi connectivity index (χ3n) is 4.90. The Morgan fingerprint density at radius 1 is 1.24 bits per heavy atom. The Kier molecular flexibility index (Phi) is 6.62. The molecule has 0 radical (unpaired) electrons. The van der Waals surface area contributed by atoms with Crippen molar-refractivity contribution in [3.8, 4) is 6.07 Å². The van der Waals surface area contributed by atoms with E-state index in [1.807, 2.05) is 18.7 Å². The van der Waals surface area contributed by atoms with E-state index in [9.17, 15) is 14.9 Å². The fraction of sp³-hybridized carbons (Fsp3) is 0.429. The molecule has 1 aromatic heterocycles. The Morgan fingerprint density at radius 3 is 2.79 bits per heavy atom. The van der Waals surface area contributed by atoms with Gasteiger partial charge < -0.3 is 20.1 Å². The first-order valence-electron chi connectivity index (χ1n) is 9.84. The van der Waals surface area contributed by atoms with E-state index in [0.29, 0.717) is 30.8 Å². The second-order valence-electron chi connectivity index (χ2n) is 7.36. The SMILES string of the molecule is CN(C)CCCNC(=O)c1nc(C(=O)Nc2ccccc2C#N)c2n1CCCC2. The Hall–Kier alpha value is -3.18. The number of nitriles is 1. The Bertz CT molecular complexity index is 941. The molecule has 0 saturated carbocycles. The summed E-state index contributed by atoms with van der Waals surface area (Å²) in [6, 6.07) is 8.89. The van der Waals surface area contributed by atoms with Gasteiger partial charge >= 0.3 is 0 Å². The van der Waals surface area contributed by atoms with Crippen LogP contribution >= 0.6 is 0 Å². The van der Waals surface area contributed by atoms with Crippen molar-refractivity contribution in [3.05, 3.63) is 47.0 Å². The van der Waals surface area contributed by atoms with Gasteiger partial charge in [0.25, 0.3) is 11.8 Å². The number of carbonyl (C=O) groups excluding carboxylic acids is 2. The predicted molar refractivity (Wildman–Crippen MR) is 110 cm³/mol. The van der Waals surface area contributed by atoms with Crippen LogP contribution in [0.25, 0.3) is 0 Å². The number of imidazole rings is 1. The summed E-state index contributed by atoms with van der Waals surface area (Å²) >= 11 is 0. The monoisotopic (exact) mass is 394 g/mol. The van der Waals surface area contributed by atoms with Crippen molar-refractivity contribution in [2.24, 2.45) is 0 Å². The minimum atomic E-state index is -0.398. The standard InChI is InChI=1S/C21H26N6O2/c1-26(2)12-7-11-23-21(29)19-25-18(17-10-5-6-13-27(17)19)20(28)24-16-9-4-3-8-15(16)14-22/h3-4,8-9H,5-7,10-13H2,1-2H3,(H,23,29)(H,24,28).